The van der Waals surface area contributed by atoms with E-state index in [1.54, 1.807) is 24.3 Å². The molecule has 0 spiro atoms. The van der Waals surface area contributed by atoms with Gasteiger partial charge in [0.25, 0.3) is 0 Å². The number of carbonyl (C=O) groups excluding carboxylic acids is 1. The van der Waals surface area contributed by atoms with Gasteiger partial charge in [-0.2, -0.15) is 5.26 Å². The van der Waals surface area contributed by atoms with E-state index in [2.05, 4.69) is 0 Å². The Morgan fingerprint density at radius 3 is 1.75 bits per heavy atom. The van der Waals surface area contributed by atoms with Gasteiger partial charge in [0.15, 0.2) is 15.1 Å². The Morgan fingerprint density at radius 2 is 1.17 bits per heavy atom. The third kappa shape index (κ3) is 11.0. The van der Waals surface area contributed by atoms with Gasteiger partial charge in [0.1, 0.15) is 24.4 Å². The summed E-state index contributed by atoms with van der Waals surface area (Å²) in [7, 11) is -0.330. The molecule has 6 atom stereocenters. The van der Waals surface area contributed by atoms with Gasteiger partial charge in [0.05, 0.1) is 57.7 Å². The lowest BCUT2D eigenvalue weighted by molar-refractivity contribution is -0.264. The summed E-state index contributed by atoms with van der Waals surface area (Å²) in [6.07, 6.45) is -3.42. The lowest BCUT2D eigenvalue weighted by Crippen LogP contribution is -2.62. The quantitative estimate of drug-likeness (QED) is 0.0641. The first-order chi connectivity index (χ1) is 23.7. The van der Waals surface area contributed by atoms with Crippen molar-refractivity contribution in [1.82, 2.24) is 0 Å². The molecule has 0 radical (unpaired) electrons. The Labute approximate surface area is 283 Å². The smallest absolute Gasteiger partial charge is 0.338 e. The molecule has 1 aliphatic rings. The maximum Gasteiger partial charge on any atom is 0.338 e. The maximum absolute atomic E-state index is 13.5. The molecule has 1 fully saturated rings. The van der Waals surface area contributed by atoms with E-state index in [0.717, 1.165) is 16.7 Å². The van der Waals surface area contributed by atoms with E-state index in [-0.39, 0.29) is 48.5 Å². The minimum atomic E-state index is -0.906. The summed E-state index contributed by atoms with van der Waals surface area (Å²) in [5.74, 6) is -0.518. The molecule has 4 unspecified atom stereocenters. The standard InChI is InChI=1S/C38H40NO8P/c39-22-13-23-44-48-45-28-34-36(47-38(40)32-20-11-4-12-21-32)37(43-26-31-18-9-3-10-19-31)35(42-25-30-16-7-2-8-17-30)33(46-34)27-41-24-29-14-5-1-6-15-29/h1-12,14-21,33-37,48H,13,23-28H2/t33-,34+,35?,36?,37?/m1/s1. The molecular weight excluding hydrogens is 629 g/mol. The Kier molecular flexibility index (Phi) is 14.5. The summed E-state index contributed by atoms with van der Waals surface area (Å²) < 4.78 is 43.7. The molecule has 0 aliphatic carbocycles. The molecule has 9 nitrogen and oxygen atoms in total. The fourth-order valence-corrected chi connectivity index (χ4v) is 5.76. The van der Waals surface area contributed by atoms with Crippen LogP contribution in [0.4, 0.5) is 0 Å². The van der Waals surface area contributed by atoms with Crippen molar-refractivity contribution >= 4 is 15.0 Å². The molecule has 1 saturated heterocycles. The molecule has 1 aliphatic heterocycles. The van der Waals surface area contributed by atoms with Crippen LogP contribution >= 0.6 is 9.03 Å². The normalized spacial score (nSPS) is 20.8. The lowest BCUT2D eigenvalue weighted by Gasteiger charge is -2.45. The van der Waals surface area contributed by atoms with Crippen molar-refractivity contribution in [3.05, 3.63) is 144 Å². The molecule has 5 rings (SSSR count). The Morgan fingerprint density at radius 1 is 0.646 bits per heavy atom. The number of hydrogen-bond donors (Lipinski definition) is 0. The first kappa shape index (κ1) is 35.3. The maximum atomic E-state index is 13.5. The zero-order chi connectivity index (χ0) is 33.2. The van der Waals surface area contributed by atoms with Crippen LogP contribution < -0.4 is 0 Å². The van der Waals surface area contributed by atoms with Crippen LogP contribution in [-0.4, -0.2) is 56.3 Å². The summed E-state index contributed by atoms with van der Waals surface area (Å²) >= 11 is 0. The Hall–Kier alpha value is -3.97. The highest BCUT2D eigenvalue weighted by Gasteiger charge is 2.50. The highest BCUT2D eigenvalue weighted by molar-refractivity contribution is 7.26. The van der Waals surface area contributed by atoms with Gasteiger partial charge in [0, 0.05) is 0 Å². The first-order valence-electron chi connectivity index (χ1n) is 15.9. The molecule has 0 amide bonds. The predicted molar refractivity (Wildman–Crippen MR) is 181 cm³/mol. The fraction of sp³-hybridized carbons (Fsp3) is 0.316. The number of ether oxygens (including phenoxy) is 5. The van der Waals surface area contributed by atoms with Crippen LogP contribution in [0.25, 0.3) is 0 Å². The van der Waals surface area contributed by atoms with E-state index < -0.39 is 36.5 Å². The van der Waals surface area contributed by atoms with Crippen LogP contribution in [0.2, 0.25) is 0 Å². The number of esters is 1. The molecule has 0 bridgehead atoms. The van der Waals surface area contributed by atoms with Gasteiger partial charge in [-0.15, -0.1) is 0 Å². The number of rotatable bonds is 18. The molecule has 48 heavy (non-hydrogen) atoms. The minimum absolute atomic E-state index is 0.0452. The summed E-state index contributed by atoms with van der Waals surface area (Å²) in [6.45, 7) is 1.40. The summed E-state index contributed by atoms with van der Waals surface area (Å²) in [4.78, 5) is 13.5. The SMILES string of the molecule is N#CCCOPOC[C@@H]1O[C@H](COCc2ccccc2)C(OCc2ccccc2)C(OCc2ccccc2)C1OC(=O)c1ccccc1. The largest absolute Gasteiger partial charge is 0.453 e. The van der Waals surface area contributed by atoms with Crippen molar-refractivity contribution in [3.8, 4) is 6.07 Å². The zero-order valence-corrected chi connectivity index (χ0v) is 27.6. The van der Waals surface area contributed by atoms with Crippen molar-refractivity contribution in [2.24, 2.45) is 0 Å². The van der Waals surface area contributed by atoms with Gasteiger partial charge >= 0.3 is 5.97 Å². The molecule has 250 valence electrons. The first-order valence-corrected chi connectivity index (χ1v) is 16.7. The number of carbonyl (C=O) groups is 1. The van der Waals surface area contributed by atoms with Crippen LogP contribution in [0, 0.1) is 11.3 Å². The van der Waals surface area contributed by atoms with Crippen molar-refractivity contribution in [1.29, 1.82) is 5.26 Å². The molecule has 0 aromatic heterocycles. The minimum Gasteiger partial charge on any atom is -0.453 e. The van der Waals surface area contributed by atoms with Crippen LogP contribution in [0.5, 0.6) is 0 Å². The number of nitrogens with zero attached hydrogens (tertiary/aromatic N) is 1. The van der Waals surface area contributed by atoms with Gasteiger partial charge in [-0.1, -0.05) is 109 Å². The van der Waals surface area contributed by atoms with E-state index in [1.165, 1.54) is 0 Å². The summed E-state index contributed by atoms with van der Waals surface area (Å²) in [6, 6.07) is 40.4. The monoisotopic (exact) mass is 669 g/mol. The Balaban J connectivity index is 1.43. The van der Waals surface area contributed by atoms with E-state index in [1.807, 2.05) is 103 Å². The van der Waals surface area contributed by atoms with Crippen molar-refractivity contribution in [2.45, 2.75) is 56.8 Å². The molecule has 0 saturated carbocycles. The lowest BCUT2D eigenvalue weighted by atomic mass is 9.94. The molecule has 4 aromatic rings. The molecule has 0 N–H and O–H groups in total. The van der Waals surface area contributed by atoms with Crippen molar-refractivity contribution in [2.75, 3.05) is 19.8 Å². The van der Waals surface area contributed by atoms with Gasteiger partial charge in [-0.05, 0) is 28.8 Å². The highest BCUT2D eigenvalue weighted by atomic mass is 31.1. The van der Waals surface area contributed by atoms with E-state index in [9.17, 15) is 4.79 Å². The van der Waals surface area contributed by atoms with Crippen molar-refractivity contribution in [3.63, 3.8) is 0 Å². The number of benzene rings is 4. The average Bonchev–Trinajstić information content (AvgIpc) is 3.14. The summed E-state index contributed by atoms with van der Waals surface area (Å²) in [5.41, 5.74) is 3.35. The van der Waals surface area contributed by atoms with Crippen LogP contribution in [0.15, 0.2) is 121 Å². The molecule has 10 heteroatoms. The number of hydrogen-bond acceptors (Lipinski definition) is 9. The zero-order valence-electron chi connectivity index (χ0n) is 26.6. The molecule has 1 heterocycles. The van der Waals surface area contributed by atoms with Gasteiger partial charge < -0.3 is 32.7 Å². The third-order valence-corrected chi connectivity index (χ3v) is 8.23. The number of nitriles is 1. The van der Waals surface area contributed by atoms with E-state index in [4.69, 9.17) is 38.0 Å². The topological polar surface area (TPSA) is 105 Å². The van der Waals surface area contributed by atoms with E-state index in [0.29, 0.717) is 12.2 Å². The van der Waals surface area contributed by atoms with E-state index >= 15 is 0 Å². The average molecular weight is 670 g/mol. The third-order valence-electron chi connectivity index (χ3n) is 7.63. The second kappa shape index (κ2) is 19.8. The van der Waals surface area contributed by atoms with Gasteiger partial charge in [0.2, 0.25) is 0 Å². The van der Waals surface area contributed by atoms with Crippen LogP contribution in [0.3, 0.4) is 0 Å². The van der Waals surface area contributed by atoms with Gasteiger partial charge in [-0.25, -0.2) is 4.79 Å². The fourth-order valence-electron chi connectivity index (χ4n) is 5.26. The van der Waals surface area contributed by atoms with Crippen molar-refractivity contribution < 1.29 is 37.5 Å². The molecular formula is C38H40NO8P. The summed E-state index contributed by atoms with van der Waals surface area (Å²) in [5, 5.41) is 8.84. The second-order valence-electron chi connectivity index (χ2n) is 11.1. The second-order valence-corrected chi connectivity index (χ2v) is 11.9. The van der Waals surface area contributed by atoms with Crippen LogP contribution in [-0.2, 0) is 52.6 Å². The Bertz CT molecular complexity index is 1520. The van der Waals surface area contributed by atoms with Crippen LogP contribution in [0.1, 0.15) is 33.5 Å². The molecule has 4 aromatic carbocycles. The highest BCUT2D eigenvalue weighted by Crippen LogP contribution is 2.32. The predicted octanol–water partition coefficient (Wildman–Crippen LogP) is 6.82. The van der Waals surface area contributed by atoms with Gasteiger partial charge in [-0.3, -0.25) is 0 Å².